The van der Waals surface area contributed by atoms with Gasteiger partial charge in [0.15, 0.2) is 0 Å². The maximum absolute atomic E-state index is 11.3. The number of carbonyl (C=O) groups excluding carboxylic acids is 1. The topological polar surface area (TPSA) is 38.3 Å². The Labute approximate surface area is 108 Å². The summed E-state index contributed by atoms with van der Waals surface area (Å²) in [4.78, 5) is 11.3. The van der Waals surface area contributed by atoms with Gasteiger partial charge in [0.1, 0.15) is 6.54 Å². The van der Waals surface area contributed by atoms with Gasteiger partial charge in [-0.3, -0.25) is 4.79 Å². The average molecular weight is 307 g/mol. The fourth-order valence-corrected chi connectivity index (χ4v) is 1.58. The SMILES string of the molecule is CC(C)OC(=O)CNc1ccc(Cl)c(Br)c1. The van der Waals surface area contributed by atoms with Crippen LogP contribution in [0.3, 0.4) is 0 Å². The summed E-state index contributed by atoms with van der Waals surface area (Å²) in [5, 5.41) is 3.59. The summed E-state index contributed by atoms with van der Waals surface area (Å²) < 4.78 is 5.78. The van der Waals surface area contributed by atoms with E-state index in [-0.39, 0.29) is 18.6 Å². The molecule has 0 atom stereocenters. The minimum atomic E-state index is -0.277. The van der Waals surface area contributed by atoms with Crippen LogP contribution in [0.25, 0.3) is 0 Å². The van der Waals surface area contributed by atoms with Gasteiger partial charge in [0.2, 0.25) is 0 Å². The van der Waals surface area contributed by atoms with Gasteiger partial charge in [-0.2, -0.15) is 0 Å². The molecule has 0 aliphatic rings. The van der Waals surface area contributed by atoms with Crippen molar-refractivity contribution < 1.29 is 9.53 Å². The molecule has 0 amide bonds. The van der Waals surface area contributed by atoms with Gasteiger partial charge in [0.25, 0.3) is 0 Å². The first-order valence-electron chi connectivity index (χ1n) is 4.87. The Morgan fingerprint density at radius 3 is 2.81 bits per heavy atom. The number of nitrogens with one attached hydrogen (secondary N) is 1. The van der Waals surface area contributed by atoms with Crippen LogP contribution in [-0.2, 0) is 9.53 Å². The highest BCUT2D eigenvalue weighted by Crippen LogP contribution is 2.25. The number of ether oxygens (including phenoxy) is 1. The molecule has 1 aromatic rings. The number of rotatable bonds is 4. The molecule has 0 fully saturated rings. The number of hydrogen-bond acceptors (Lipinski definition) is 3. The first kappa shape index (κ1) is 13.3. The van der Waals surface area contributed by atoms with E-state index in [0.717, 1.165) is 10.2 Å². The maximum atomic E-state index is 11.3. The second kappa shape index (κ2) is 6.11. The third-order valence-corrected chi connectivity index (χ3v) is 2.94. The van der Waals surface area contributed by atoms with Crippen molar-refractivity contribution in [2.75, 3.05) is 11.9 Å². The zero-order valence-electron chi connectivity index (χ0n) is 9.09. The molecule has 0 radical (unpaired) electrons. The van der Waals surface area contributed by atoms with E-state index >= 15 is 0 Å². The lowest BCUT2D eigenvalue weighted by Gasteiger charge is -2.10. The molecule has 0 aliphatic carbocycles. The van der Waals surface area contributed by atoms with Gasteiger partial charge < -0.3 is 10.1 Å². The Bertz CT molecular complexity index is 382. The Hall–Kier alpha value is -0.740. The molecule has 16 heavy (non-hydrogen) atoms. The van der Waals surface area contributed by atoms with E-state index in [2.05, 4.69) is 21.2 Å². The predicted octanol–water partition coefficient (Wildman–Crippen LogP) is 3.47. The molecule has 0 heterocycles. The van der Waals surface area contributed by atoms with Crippen LogP contribution in [0, 0.1) is 0 Å². The molecular formula is C11H13BrClNO2. The molecule has 88 valence electrons. The highest BCUT2D eigenvalue weighted by atomic mass is 79.9. The highest BCUT2D eigenvalue weighted by molar-refractivity contribution is 9.10. The highest BCUT2D eigenvalue weighted by Gasteiger charge is 2.05. The molecule has 0 unspecified atom stereocenters. The molecule has 3 nitrogen and oxygen atoms in total. The number of benzene rings is 1. The molecule has 0 saturated heterocycles. The van der Waals surface area contributed by atoms with E-state index in [1.807, 2.05) is 19.9 Å². The van der Waals surface area contributed by atoms with Crippen LogP contribution in [-0.4, -0.2) is 18.6 Å². The fraction of sp³-hybridized carbons (Fsp3) is 0.364. The number of hydrogen-bond donors (Lipinski definition) is 1. The van der Waals surface area contributed by atoms with E-state index in [1.54, 1.807) is 12.1 Å². The first-order valence-corrected chi connectivity index (χ1v) is 6.04. The van der Waals surface area contributed by atoms with E-state index in [0.29, 0.717) is 5.02 Å². The lowest BCUT2D eigenvalue weighted by atomic mass is 10.3. The monoisotopic (exact) mass is 305 g/mol. The lowest BCUT2D eigenvalue weighted by molar-refractivity contribution is -0.145. The standard InChI is InChI=1S/C11H13BrClNO2/c1-7(2)16-11(15)6-14-8-3-4-10(13)9(12)5-8/h3-5,7,14H,6H2,1-2H3. The van der Waals surface area contributed by atoms with Crippen LogP contribution < -0.4 is 5.32 Å². The van der Waals surface area contributed by atoms with Crippen LogP contribution in [0.1, 0.15) is 13.8 Å². The maximum Gasteiger partial charge on any atom is 0.325 e. The smallest absolute Gasteiger partial charge is 0.325 e. The zero-order valence-corrected chi connectivity index (χ0v) is 11.4. The molecule has 1 N–H and O–H groups in total. The summed E-state index contributed by atoms with van der Waals surface area (Å²) in [6.45, 7) is 3.78. The first-order chi connectivity index (χ1) is 7.49. The summed E-state index contributed by atoms with van der Waals surface area (Å²) in [6.07, 6.45) is -0.0914. The van der Waals surface area contributed by atoms with Gasteiger partial charge >= 0.3 is 5.97 Å². The Balaban J connectivity index is 2.48. The second-order valence-corrected chi connectivity index (χ2v) is 4.78. The average Bonchev–Trinajstić information content (AvgIpc) is 2.19. The molecule has 0 saturated carbocycles. The fourth-order valence-electron chi connectivity index (χ4n) is 1.08. The van der Waals surface area contributed by atoms with Gasteiger partial charge in [-0.25, -0.2) is 0 Å². The summed E-state index contributed by atoms with van der Waals surface area (Å²) in [5.41, 5.74) is 0.817. The minimum absolute atomic E-state index is 0.0914. The van der Waals surface area contributed by atoms with Crippen molar-refractivity contribution in [1.29, 1.82) is 0 Å². The van der Waals surface area contributed by atoms with Crippen molar-refractivity contribution in [2.24, 2.45) is 0 Å². The normalized spacial score (nSPS) is 10.3. The van der Waals surface area contributed by atoms with E-state index < -0.39 is 0 Å². The largest absolute Gasteiger partial charge is 0.462 e. The molecule has 0 bridgehead atoms. The second-order valence-electron chi connectivity index (χ2n) is 3.52. The summed E-state index contributed by atoms with van der Waals surface area (Å²) >= 11 is 9.15. The lowest BCUT2D eigenvalue weighted by Crippen LogP contribution is -2.20. The van der Waals surface area contributed by atoms with E-state index in [9.17, 15) is 4.79 Å². The molecule has 0 aliphatic heterocycles. The molecule has 0 aromatic heterocycles. The van der Waals surface area contributed by atoms with Gasteiger partial charge in [-0.1, -0.05) is 11.6 Å². The molecule has 1 aromatic carbocycles. The molecule has 1 rings (SSSR count). The molecule has 5 heteroatoms. The van der Waals surface area contributed by atoms with Crippen LogP contribution in [0.2, 0.25) is 5.02 Å². The van der Waals surface area contributed by atoms with E-state index in [4.69, 9.17) is 16.3 Å². The summed E-state index contributed by atoms with van der Waals surface area (Å²) in [7, 11) is 0. The van der Waals surface area contributed by atoms with Gasteiger partial charge in [0, 0.05) is 10.2 Å². The third kappa shape index (κ3) is 4.41. The van der Waals surface area contributed by atoms with Crippen LogP contribution in [0.4, 0.5) is 5.69 Å². The van der Waals surface area contributed by atoms with E-state index in [1.165, 1.54) is 0 Å². The van der Waals surface area contributed by atoms with Gasteiger partial charge in [0.05, 0.1) is 11.1 Å². The van der Waals surface area contributed by atoms with Crippen molar-refractivity contribution in [3.05, 3.63) is 27.7 Å². The van der Waals surface area contributed by atoms with Crippen molar-refractivity contribution >= 4 is 39.2 Å². The van der Waals surface area contributed by atoms with Gasteiger partial charge in [-0.15, -0.1) is 0 Å². The Kier molecular flexibility index (Phi) is 5.09. The Morgan fingerprint density at radius 2 is 2.25 bits per heavy atom. The van der Waals surface area contributed by atoms with Crippen LogP contribution in [0.15, 0.2) is 22.7 Å². The summed E-state index contributed by atoms with van der Waals surface area (Å²) in [5.74, 6) is -0.277. The quantitative estimate of drug-likeness (QED) is 0.866. The zero-order chi connectivity index (χ0) is 12.1. The molecule has 0 spiro atoms. The molecular weight excluding hydrogens is 293 g/mol. The number of carbonyl (C=O) groups is 1. The van der Waals surface area contributed by atoms with Crippen molar-refractivity contribution in [3.63, 3.8) is 0 Å². The number of esters is 1. The van der Waals surface area contributed by atoms with Crippen molar-refractivity contribution in [2.45, 2.75) is 20.0 Å². The summed E-state index contributed by atoms with van der Waals surface area (Å²) in [6, 6.07) is 5.36. The van der Waals surface area contributed by atoms with Gasteiger partial charge in [-0.05, 0) is 48.0 Å². The van der Waals surface area contributed by atoms with Crippen LogP contribution >= 0.6 is 27.5 Å². The predicted molar refractivity (Wildman–Crippen MR) is 68.9 cm³/mol. The third-order valence-electron chi connectivity index (χ3n) is 1.72. The number of anilines is 1. The van der Waals surface area contributed by atoms with Crippen molar-refractivity contribution in [1.82, 2.24) is 0 Å². The Morgan fingerprint density at radius 1 is 1.56 bits per heavy atom. The van der Waals surface area contributed by atoms with Crippen LogP contribution in [0.5, 0.6) is 0 Å². The minimum Gasteiger partial charge on any atom is -0.462 e. The number of halogens is 2. The van der Waals surface area contributed by atoms with Crippen molar-refractivity contribution in [3.8, 4) is 0 Å².